The van der Waals surface area contributed by atoms with Crippen LogP contribution in [0.3, 0.4) is 0 Å². The Hall–Kier alpha value is 0.0600. The van der Waals surface area contributed by atoms with Gasteiger partial charge >= 0.3 is 41.5 Å². The summed E-state index contributed by atoms with van der Waals surface area (Å²) in [5.74, 6) is -2.01. The van der Waals surface area contributed by atoms with Crippen LogP contribution in [0.1, 0.15) is 131 Å². The molecule has 2 unspecified atom stereocenters. The van der Waals surface area contributed by atoms with Crippen molar-refractivity contribution in [2.24, 2.45) is 0 Å². The maximum atomic E-state index is 11.8. The molecule has 2 atom stereocenters. The fourth-order valence-corrected chi connectivity index (χ4v) is 3.41. The van der Waals surface area contributed by atoms with Crippen LogP contribution in [0, 0.1) is 0 Å². The molecule has 30 heavy (non-hydrogen) atoms. The quantitative estimate of drug-likeness (QED) is 0.140. The molecule has 0 spiro atoms. The maximum Gasteiger partial charge on any atom is 1.00 e. The zero-order valence-corrected chi connectivity index (χ0v) is 22.2. The second-order valence-electron chi connectivity index (χ2n) is 8.71. The molecular weight excluding hydrogens is 391 g/mol. The topological polar surface area (TPSA) is 83.8 Å². The molecule has 0 heterocycles. The summed E-state index contributed by atoms with van der Waals surface area (Å²) in [5, 5.41) is 19.2. The minimum absolute atomic E-state index is 0. The van der Waals surface area contributed by atoms with E-state index in [4.69, 9.17) is 5.11 Å². The van der Waals surface area contributed by atoms with Crippen LogP contribution in [-0.4, -0.2) is 33.9 Å². The zero-order valence-electron chi connectivity index (χ0n) is 21.2. The summed E-state index contributed by atoms with van der Waals surface area (Å²) in [6, 6.07) is 0. The number of hydrogen-bond donors (Lipinski definition) is 2. The number of carbonyl (C=O) groups excluding carboxylic acids is 2. The van der Waals surface area contributed by atoms with Crippen LogP contribution in [0.4, 0.5) is 0 Å². The Morgan fingerprint density at radius 1 is 0.800 bits per heavy atom. The number of hydrogen-bond acceptors (Lipinski definition) is 5. The number of carbonyl (C=O) groups is 2. The second kappa shape index (κ2) is 20.9. The summed E-state index contributed by atoms with van der Waals surface area (Å²) >= 11 is 0. The average Bonchev–Trinajstić information content (AvgIpc) is 2.67. The molecule has 5 nitrogen and oxygen atoms in total. The second-order valence-corrected chi connectivity index (χ2v) is 8.71. The number of rotatable bonds is 19. The Morgan fingerprint density at radius 2 is 1.13 bits per heavy atom. The van der Waals surface area contributed by atoms with E-state index in [-0.39, 0.29) is 37.4 Å². The molecule has 0 radical (unpaired) electrons. The predicted octanol–water partition coefficient (Wildman–Crippen LogP) is 2.96. The van der Waals surface area contributed by atoms with Gasteiger partial charge in [0.25, 0.3) is 0 Å². The van der Waals surface area contributed by atoms with Gasteiger partial charge < -0.3 is 16.4 Å². The van der Waals surface area contributed by atoms with Gasteiger partial charge in [0.15, 0.2) is 5.60 Å². The van der Waals surface area contributed by atoms with Crippen molar-refractivity contribution < 1.29 is 55.5 Å². The standard InChI is InChI=1S/C24H46O5.Na.H/c1-4-5-6-7-8-9-10-11-12-13-14-15-16-17-18-19-20-24(3,28)23(27)29-22(26)21(2)25;;/h21,25,28H,4-20H2,1-3H3;;/q;+1;-1. The molecule has 0 rings (SSSR count). The Morgan fingerprint density at radius 3 is 1.47 bits per heavy atom. The summed E-state index contributed by atoms with van der Waals surface area (Å²) in [7, 11) is 0. The molecule has 0 aliphatic carbocycles. The van der Waals surface area contributed by atoms with Gasteiger partial charge in [-0.15, -0.1) is 0 Å². The summed E-state index contributed by atoms with van der Waals surface area (Å²) in [6.45, 7) is 4.84. The molecule has 0 aromatic rings. The van der Waals surface area contributed by atoms with E-state index in [1.165, 1.54) is 97.3 Å². The van der Waals surface area contributed by atoms with Crippen molar-refractivity contribution in [3.63, 3.8) is 0 Å². The van der Waals surface area contributed by atoms with Crippen molar-refractivity contribution in [1.29, 1.82) is 0 Å². The number of esters is 2. The van der Waals surface area contributed by atoms with Gasteiger partial charge in [-0.3, -0.25) is 0 Å². The van der Waals surface area contributed by atoms with Gasteiger partial charge in [0.1, 0.15) is 6.10 Å². The van der Waals surface area contributed by atoms with Crippen LogP contribution in [0.5, 0.6) is 0 Å². The van der Waals surface area contributed by atoms with E-state index in [1.54, 1.807) is 0 Å². The van der Waals surface area contributed by atoms with Crippen molar-refractivity contribution in [3.05, 3.63) is 0 Å². The summed E-state index contributed by atoms with van der Waals surface area (Å²) in [5.41, 5.74) is -1.68. The average molecular weight is 439 g/mol. The van der Waals surface area contributed by atoms with E-state index in [1.807, 2.05) is 0 Å². The fraction of sp³-hybridized carbons (Fsp3) is 0.917. The van der Waals surface area contributed by atoms with Crippen LogP contribution >= 0.6 is 0 Å². The Bertz CT molecular complexity index is 430. The predicted molar refractivity (Wildman–Crippen MR) is 119 cm³/mol. The van der Waals surface area contributed by atoms with Crippen molar-refractivity contribution in [3.8, 4) is 0 Å². The maximum absolute atomic E-state index is 11.8. The third-order valence-electron chi connectivity index (χ3n) is 5.49. The SMILES string of the molecule is CCCCCCCCCCCCCCCCCCC(C)(O)C(=O)OC(=O)C(C)O.[H-].[Na+]. The van der Waals surface area contributed by atoms with E-state index in [9.17, 15) is 14.7 Å². The normalized spacial score (nSPS) is 13.9. The monoisotopic (exact) mass is 438 g/mol. The molecule has 0 fully saturated rings. The summed E-state index contributed by atoms with van der Waals surface area (Å²) in [4.78, 5) is 23.0. The van der Waals surface area contributed by atoms with Crippen LogP contribution < -0.4 is 29.6 Å². The van der Waals surface area contributed by atoms with Gasteiger partial charge in [0.05, 0.1) is 0 Å². The first kappa shape index (κ1) is 32.2. The molecule has 2 N–H and O–H groups in total. The molecule has 174 valence electrons. The van der Waals surface area contributed by atoms with E-state index in [0.29, 0.717) is 6.42 Å². The number of ether oxygens (including phenoxy) is 1. The van der Waals surface area contributed by atoms with Gasteiger partial charge in [-0.2, -0.15) is 0 Å². The van der Waals surface area contributed by atoms with E-state index < -0.39 is 23.6 Å². The zero-order chi connectivity index (χ0) is 22.0. The first-order valence-electron chi connectivity index (χ1n) is 12.0. The van der Waals surface area contributed by atoms with Crippen LogP contribution in [0.2, 0.25) is 0 Å². The van der Waals surface area contributed by atoms with Gasteiger partial charge in [0.2, 0.25) is 0 Å². The third-order valence-corrected chi connectivity index (χ3v) is 5.49. The molecule has 0 saturated carbocycles. The van der Waals surface area contributed by atoms with Gasteiger partial charge in [-0.05, 0) is 26.7 Å². The van der Waals surface area contributed by atoms with E-state index in [0.717, 1.165) is 12.8 Å². The largest absolute Gasteiger partial charge is 1.00 e. The van der Waals surface area contributed by atoms with Crippen molar-refractivity contribution >= 4 is 11.9 Å². The Balaban J connectivity index is -0.00000392. The molecule has 0 aromatic carbocycles. The van der Waals surface area contributed by atoms with Crippen LogP contribution in [-0.2, 0) is 14.3 Å². The van der Waals surface area contributed by atoms with E-state index in [2.05, 4.69) is 11.7 Å². The minimum atomic E-state index is -1.68. The molecular formula is C24H47NaO5. The Kier molecular flexibility index (Phi) is 22.5. The third kappa shape index (κ3) is 18.8. The molecule has 6 heteroatoms. The van der Waals surface area contributed by atoms with Crippen molar-refractivity contribution in [1.82, 2.24) is 0 Å². The smallest absolute Gasteiger partial charge is 1.00 e. The summed E-state index contributed by atoms with van der Waals surface area (Å²) < 4.78 is 4.48. The van der Waals surface area contributed by atoms with Crippen molar-refractivity contribution in [2.75, 3.05) is 0 Å². The molecule has 0 aromatic heterocycles. The summed E-state index contributed by atoms with van der Waals surface area (Å²) in [6.07, 6.45) is 19.1. The molecule has 0 saturated heterocycles. The Labute approximate surface area is 208 Å². The van der Waals surface area contributed by atoms with Crippen LogP contribution in [0.25, 0.3) is 0 Å². The van der Waals surface area contributed by atoms with Gasteiger partial charge in [-0.1, -0.05) is 103 Å². The number of aliphatic hydroxyl groups is 2. The van der Waals surface area contributed by atoms with Gasteiger partial charge in [0, 0.05) is 0 Å². The van der Waals surface area contributed by atoms with Gasteiger partial charge in [-0.25, -0.2) is 9.59 Å². The molecule has 0 amide bonds. The van der Waals surface area contributed by atoms with Crippen LogP contribution in [0.15, 0.2) is 0 Å². The fourth-order valence-electron chi connectivity index (χ4n) is 3.41. The number of unbranched alkanes of at least 4 members (excludes halogenated alkanes) is 15. The van der Waals surface area contributed by atoms with E-state index >= 15 is 0 Å². The first-order chi connectivity index (χ1) is 13.8. The molecule has 0 aliphatic heterocycles. The minimum Gasteiger partial charge on any atom is -1.00 e. The first-order valence-corrected chi connectivity index (χ1v) is 12.0. The number of aliphatic hydroxyl groups excluding tert-OH is 1. The molecule has 0 aliphatic rings. The molecule has 0 bridgehead atoms. The van der Waals surface area contributed by atoms with Crippen molar-refractivity contribution in [2.45, 2.75) is 142 Å².